The maximum atomic E-state index is 12.2. The Balaban J connectivity index is 2.08. The second kappa shape index (κ2) is 6.49. The van der Waals surface area contributed by atoms with Gasteiger partial charge in [-0.15, -0.1) is 0 Å². The fraction of sp³-hybridized carbons (Fsp3) is 0.467. The van der Waals surface area contributed by atoms with Gasteiger partial charge in [0.15, 0.2) is 0 Å². The standard InChI is InChI=1S/C15H17FN2O2/c1-11-8-13(9-14(17-11)15(19)20)3-2-12-4-6-18(10-12)7-5-16/h8-9,12H,4-7,10H2,1H3,(H,19,20). The number of hydrogen-bond acceptors (Lipinski definition) is 3. The third kappa shape index (κ3) is 3.78. The highest BCUT2D eigenvalue weighted by atomic mass is 19.1. The SMILES string of the molecule is Cc1cc(C#CC2CCN(CCF)C2)cc(C(=O)O)n1. The van der Waals surface area contributed by atoms with Gasteiger partial charge in [0.2, 0.25) is 0 Å². The fourth-order valence-electron chi connectivity index (χ4n) is 2.31. The molecule has 0 bridgehead atoms. The van der Waals surface area contributed by atoms with Crippen LogP contribution in [0, 0.1) is 24.7 Å². The minimum atomic E-state index is -1.05. The third-order valence-electron chi connectivity index (χ3n) is 3.27. The van der Waals surface area contributed by atoms with E-state index in [0.717, 1.165) is 19.5 Å². The van der Waals surface area contributed by atoms with Crippen LogP contribution in [0.25, 0.3) is 0 Å². The first-order valence-corrected chi connectivity index (χ1v) is 6.60. The van der Waals surface area contributed by atoms with Crippen molar-refractivity contribution in [2.24, 2.45) is 5.92 Å². The smallest absolute Gasteiger partial charge is 0.354 e. The van der Waals surface area contributed by atoms with E-state index in [1.807, 2.05) is 0 Å². The molecule has 2 heterocycles. The Morgan fingerprint density at radius 2 is 2.40 bits per heavy atom. The summed E-state index contributed by atoms with van der Waals surface area (Å²) in [6.45, 7) is 3.54. The van der Waals surface area contributed by atoms with Crippen molar-refractivity contribution in [3.05, 3.63) is 29.1 Å². The molecule has 1 aliphatic heterocycles. The lowest BCUT2D eigenvalue weighted by Gasteiger charge is -2.10. The van der Waals surface area contributed by atoms with Crippen LogP contribution in [0.1, 0.15) is 28.2 Å². The van der Waals surface area contributed by atoms with Gasteiger partial charge in [-0.3, -0.25) is 4.90 Å². The van der Waals surface area contributed by atoms with Gasteiger partial charge in [0, 0.05) is 30.3 Å². The van der Waals surface area contributed by atoms with E-state index in [9.17, 15) is 9.18 Å². The number of aryl methyl sites for hydroxylation is 1. The number of aromatic carboxylic acids is 1. The molecular formula is C15H17FN2O2. The number of alkyl halides is 1. The molecule has 1 unspecified atom stereocenters. The Labute approximate surface area is 117 Å². The molecule has 106 valence electrons. The average Bonchev–Trinajstić information content (AvgIpc) is 2.84. The second-order valence-electron chi connectivity index (χ2n) is 4.93. The predicted molar refractivity (Wildman–Crippen MR) is 73.3 cm³/mol. The number of carboxylic acids is 1. The number of likely N-dealkylation sites (tertiary alicyclic amines) is 1. The van der Waals surface area contributed by atoms with Crippen molar-refractivity contribution in [2.45, 2.75) is 13.3 Å². The highest BCUT2D eigenvalue weighted by molar-refractivity contribution is 5.85. The van der Waals surface area contributed by atoms with Crippen LogP contribution in [0.15, 0.2) is 12.1 Å². The van der Waals surface area contributed by atoms with E-state index in [0.29, 0.717) is 17.8 Å². The van der Waals surface area contributed by atoms with Crippen molar-refractivity contribution >= 4 is 5.97 Å². The molecule has 5 heteroatoms. The average molecular weight is 276 g/mol. The molecule has 1 aromatic rings. The highest BCUT2D eigenvalue weighted by Gasteiger charge is 2.20. The van der Waals surface area contributed by atoms with E-state index < -0.39 is 5.97 Å². The van der Waals surface area contributed by atoms with Gasteiger partial charge in [0.1, 0.15) is 12.4 Å². The van der Waals surface area contributed by atoms with Crippen LogP contribution in [-0.2, 0) is 0 Å². The van der Waals surface area contributed by atoms with Gasteiger partial charge in [-0.05, 0) is 32.0 Å². The molecule has 4 nitrogen and oxygen atoms in total. The lowest BCUT2D eigenvalue weighted by atomic mass is 10.1. The lowest BCUT2D eigenvalue weighted by molar-refractivity contribution is 0.0690. The molecule has 0 spiro atoms. The van der Waals surface area contributed by atoms with E-state index >= 15 is 0 Å². The first-order chi connectivity index (χ1) is 9.58. The van der Waals surface area contributed by atoms with E-state index in [1.165, 1.54) is 6.07 Å². The topological polar surface area (TPSA) is 53.4 Å². The number of nitrogens with zero attached hydrogens (tertiary/aromatic N) is 2. The van der Waals surface area contributed by atoms with E-state index in [1.54, 1.807) is 13.0 Å². The lowest BCUT2D eigenvalue weighted by Crippen LogP contribution is -2.22. The summed E-state index contributed by atoms with van der Waals surface area (Å²) in [5, 5.41) is 8.95. The molecule has 0 aromatic carbocycles. The maximum absolute atomic E-state index is 12.2. The van der Waals surface area contributed by atoms with Crippen molar-refractivity contribution < 1.29 is 14.3 Å². The summed E-state index contributed by atoms with van der Waals surface area (Å²) in [4.78, 5) is 16.9. The number of aromatic nitrogens is 1. The number of halogens is 1. The molecule has 20 heavy (non-hydrogen) atoms. The molecule has 1 saturated heterocycles. The first-order valence-electron chi connectivity index (χ1n) is 6.60. The molecule has 1 aliphatic rings. The van der Waals surface area contributed by atoms with Crippen LogP contribution < -0.4 is 0 Å². The van der Waals surface area contributed by atoms with Gasteiger partial charge < -0.3 is 5.11 Å². The summed E-state index contributed by atoms with van der Waals surface area (Å²) in [6, 6.07) is 3.25. The van der Waals surface area contributed by atoms with E-state index in [-0.39, 0.29) is 18.3 Å². The molecule has 0 saturated carbocycles. The number of rotatable bonds is 3. The summed E-state index contributed by atoms with van der Waals surface area (Å²) in [5.41, 5.74) is 1.32. The van der Waals surface area contributed by atoms with E-state index in [4.69, 9.17) is 5.11 Å². The number of carbonyl (C=O) groups is 1. The zero-order valence-electron chi connectivity index (χ0n) is 11.4. The molecule has 1 fully saturated rings. The van der Waals surface area contributed by atoms with Crippen molar-refractivity contribution in [1.29, 1.82) is 0 Å². The van der Waals surface area contributed by atoms with Crippen LogP contribution >= 0.6 is 0 Å². The molecule has 0 amide bonds. The molecule has 1 N–H and O–H groups in total. The van der Waals surface area contributed by atoms with Crippen molar-refractivity contribution in [1.82, 2.24) is 9.88 Å². The van der Waals surface area contributed by atoms with Gasteiger partial charge in [-0.2, -0.15) is 0 Å². The van der Waals surface area contributed by atoms with Crippen molar-refractivity contribution in [2.75, 3.05) is 26.3 Å². The summed E-state index contributed by atoms with van der Waals surface area (Å²) < 4.78 is 12.2. The minimum Gasteiger partial charge on any atom is -0.477 e. The molecular weight excluding hydrogens is 259 g/mol. The maximum Gasteiger partial charge on any atom is 0.354 e. The van der Waals surface area contributed by atoms with Crippen LogP contribution in [0.5, 0.6) is 0 Å². The second-order valence-corrected chi connectivity index (χ2v) is 4.93. The van der Waals surface area contributed by atoms with Gasteiger partial charge in [0.25, 0.3) is 0 Å². The Bertz CT molecular complexity index is 563. The predicted octanol–water partition coefficient (Wildman–Crippen LogP) is 1.73. The Morgan fingerprint density at radius 1 is 1.60 bits per heavy atom. The highest BCUT2D eigenvalue weighted by Crippen LogP contribution is 2.15. The van der Waals surface area contributed by atoms with E-state index in [2.05, 4.69) is 21.7 Å². The Hall–Kier alpha value is -1.93. The normalized spacial score (nSPS) is 18.6. The van der Waals surface area contributed by atoms with Crippen LogP contribution in [-0.4, -0.2) is 47.3 Å². The Kier molecular flexibility index (Phi) is 4.70. The largest absolute Gasteiger partial charge is 0.477 e. The quantitative estimate of drug-likeness (QED) is 0.854. The zero-order valence-corrected chi connectivity index (χ0v) is 11.4. The van der Waals surface area contributed by atoms with Gasteiger partial charge in [-0.1, -0.05) is 11.8 Å². The summed E-state index contributed by atoms with van der Waals surface area (Å²) >= 11 is 0. The van der Waals surface area contributed by atoms with Crippen LogP contribution in [0.3, 0.4) is 0 Å². The van der Waals surface area contributed by atoms with Gasteiger partial charge >= 0.3 is 5.97 Å². The molecule has 1 atom stereocenters. The van der Waals surface area contributed by atoms with Crippen LogP contribution in [0.4, 0.5) is 4.39 Å². The van der Waals surface area contributed by atoms with Crippen molar-refractivity contribution in [3.63, 3.8) is 0 Å². The zero-order chi connectivity index (χ0) is 14.5. The molecule has 2 rings (SSSR count). The monoisotopic (exact) mass is 276 g/mol. The van der Waals surface area contributed by atoms with Gasteiger partial charge in [-0.25, -0.2) is 14.2 Å². The number of hydrogen-bond donors (Lipinski definition) is 1. The molecule has 0 aliphatic carbocycles. The van der Waals surface area contributed by atoms with Crippen LogP contribution in [0.2, 0.25) is 0 Å². The van der Waals surface area contributed by atoms with Gasteiger partial charge in [0.05, 0.1) is 0 Å². The summed E-state index contributed by atoms with van der Waals surface area (Å²) in [7, 11) is 0. The molecule has 0 radical (unpaired) electrons. The van der Waals surface area contributed by atoms with Crippen molar-refractivity contribution in [3.8, 4) is 11.8 Å². The Morgan fingerprint density at radius 3 is 3.10 bits per heavy atom. The first kappa shape index (κ1) is 14.5. The molecule has 1 aromatic heterocycles. The minimum absolute atomic E-state index is 0.0137. The fourth-order valence-corrected chi connectivity index (χ4v) is 2.31. The number of pyridine rings is 1. The summed E-state index contributed by atoms with van der Waals surface area (Å²) in [6.07, 6.45) is 0.933. The third-order valence-corrected chi connectivity index (χ3v) is 3.27. The summed E-state index contributed by atoms with van der Waals surface area (Å²) in [5.74, 6) is 5.33. The number of carboxylic acid groups (broad SMARTS) is 1.